The summed E-state index contributed by atoms with van der Waals surface area (Å²) in [6.07, 6.45) is 0.354. The quantitative estimate of drug-likeness (QED) is 0.534. The highest BCUT2D eigenvalue weighted by Crippen LogP contribution is 2.32. The van der Waals surface area contributed by atoms with Gasteiger partial charge >= 0.3 is 6.03 Å². The Hall–Kier alpha value is -3.52. The van der Waals surface area contributed by atoms with Gasteiger partial charge in [-0.15, -0.1) is 11.3 Å². The number of rotatable bonds is 7. The third-order valence-electron chi connectivity index (χ3n) is 5.61. The molecule has 2 aromatic carbocycles. The second kappa shape index (κ2) is 8.92. The van der Waals surface area contributed by atoms with Crippen LogP contribution in [0, 0.1) is 5.82 Å². The number of halogens is 1. The van der Waals surface area contributed by atoms with E-state index in [2.05, 4.69) is 10.6 Å². The van der Waals surface area contributed by atoms with Crippen molar-refractivity contribution in [1.29, 1.82) is 0 Å². The number of hydrogen-bond acceptors (Lipinski definition) is 4. The molecular formula is C24H22FN3O3S. The Bertz CT molecular complexity index is 1120. The van der Waals surface area contributed by atoms with Crippen LogP contribution in [0.15, 0.2) is 72.1 Å². The Labute approximate surface area is 189 Å². The first kappa shape index (κ1) is 21.7. The van der Waals surface area contributed by atoms with Crippen molar-refractivity contribution in [1.82, 2.24) is 15.5 Å². The van der Waals surface area contributed by atoms with Gasteiger partial charge in [-0.25, -0.2) is 9.18 Å². The molecule has 6 nitrogen and oxygen atoms in total. The number of imide groups is 1. The lowest BCUT2D eigenvalue weighted by atomic mass is 9.87. The number of thiophene rings is 1. The van der Waals surface area contributed by atoms with Gasteiger partial charge in [0.1, 0.15) is 17.9 Å². The monoisotopic (exact) mass is 451 g/mol. The average Bonchev–Trinajstić information content (AvgIpc) is 3.42. The second-order valence-electron chi connectivity index (χ2n) is 7.51. The van der Waals surface area contributed by atoms with Gasteiger partial charge in [0.25, 0.3) is 5.91 Å². The number of hydrogen-bond donors (Lipinski definition) is 2. The summed E-state index contributed by atoms with van der Waals surface area (Å²) in [6.45, 7) is 1.40. The smallest absolute Gasteiger partial charge is 0.325 e. The minimum atomic E-state index is -1.19. The molecule has 1 fully saturated rings. The van der Waals surface area contributed by atoms with E-state index in [0.717, 1.165) is 9.78 Å². The van der Waals surface area contributed by atoms with Crippen LogP contribution in [0.25, 0.3) is 0 Å². The minimum absolute atomic E-state index is 0.354. The number of amides is 4. The predicted molar refractivity (Wildman–Crippen MR) is 119 cm³/mol. The Morgan fingerprint density at radius 3 is 2.44 bits per heavy atom. The summed E-state index contributed by atoms with van der Waals surface area (Å²) < 4.78 is 13.4. The van der Waals surface area contributed by atoms with E-state index < -0.39 is 36.0 Å². The number of carbonyl (C=O) groups is 3. The minimum Gasteiger partial charge on any atom is -0.343 e. The van der Waals surface area contributed by atoms with Crippen LogP contribution in [0.2, 0.25) is 0 Å². The van der Waals surface area contributed by atoms with E-state index in [-0.39, 0.29) is 5.82 Å². The van der Waals surface area contributed by atoms with E-state index in [1.54, 1.807) is 36.4 Å². The van der Waals surface area contributed by atoms with Crippen molar-refractivity contribution < 1.29 is 18.8 Å². The Morgan fingerprint density at radius 1 is 1.09 bits per heavy atom. The van der Waals surface area contributed by atoms with Gasteiger partial charge in [0.15, 0.2) is 0 Å². The maximum atomic E-state index is 13.4. The van der Waals surface area contributed by atoms with E-state index >= 15 is 0 Å². The lowest BCUT2D eigenvalue weighted by molar-refractivity contribution is -0.135. The van der Waals surface area contributed by atoms with Gasteiger partial charge in [0, 0.05) is 4.88 Å². The van der Waals surface area contributed by atoms with Crippen LogP contribution in [0.3, 0.4) is 0 Å². The third kappa shape index (κ3) is 4.01. The van der Waals surface area contributed by atoms with Crippen LogP contribution in [-0.2, 0) is 15.1 Å². The second-order valence-corrected chi connectivity index (χ2v) is 8.49. The zero-order valence-electron chi connectivity index (χ0n) is 17.4. The van der Waals surface area contributed by atoms with Crippen LogP contribution in [0.4, 0.5) is 9.18 Å². The van der Waals surface area contributed by atoms with Gasteiger partial charge in [-0.2, -0.15) is 0 Å². The fourth-order valence-electron chi connectivity index (χ4n) is 3.91. The summed E-state index contributed by atoms with van der Waals surface area (Å²) >= 11 is 1.45. The fourth-order valence-corrected chi connectivity index (χ4v) is 4.71. The lowest BCUT2D eigenvalue weighted by Gasteiger charge is -2.26. The Kier molecular flexibility index (Phi) is 6.05. The molecule has 0 spiro atoms. The molecule has 32 heavy (non-hydrogen) atoms. The van der Waals surface area contributed by atoms with Gasteiger partial charge in [0.05, 0.1) is 6.04 Å². The van der Waals surface area contributed by atoms with Crippen LogP contribution < -0.4 is 10.6 Å². The van der Waals surface area contributed by atoms with Crippen molar-refractivity contribution in [2.45, 2.75) is 24.9 Å². The molecule has 0 radical (unpaired) electrons. The highest BCUT2D eigenvalue weighted by Gasteiger charge is 2.51. The summed E-state index contributed by atoms with van der Waals surface area (Å²) in [5.74, 6) is -1.32. The van der Waals surface area contributed by atoms with E-state index in [1.165, 1.54) is 23.5 Å². The molecule has 4 rings (SSSR count). The summed E-state index contributed by atoms with van der Waals surface area (Å²) in [6, 6.07) is 17.5. The zero-order valence-corrected chi connectivity index (χ0v) is 18.2. The van der Waals surface area contributed by atoms with Gasteiger partial charge in [-0.05, 0) is 41.1 Å². The zero-order chi connectivity index (χ0) is 22.7. The summed E-state index contributed by atoms with van der Waals surface area (Å²) in [7, 11) is 0. The van der Waals surface area contributed by atoms with Crippen LogP contribution in [0.1, 0.15) is 35.4 Å². The van der Waals surface area contributed by atoms with Crippen molar-refractivity contribution in [2.75, 3.05) is 6.54 Å². The number of carbonyl (C=O) groups excluding carboxylic acids is 3. The molecule has 4 amide bonds. The molecule has 0 bridgehead atoms. The number of benzene rings is 2. The molecule has 2 heterocycles. The molecule has 1 aliphatic rings. The van der Waals surface area contributed by atoms with Gasteiger partial charge < -0.3 is 10.6 Å². The molecule has 0 unspecified atom stereocenters. The largest absolute Gasteiger partial charge is 0.343 e. The fraction of sp³-hybridized carbons (Fsp3) is 0.208. The summed E-state index contributed by atoms with van der Waals surface area (Å²) in [5, 5.41) is 7.54. The standard InChI is InChI=1S/C24H22FN3O3S/c1-2-24(17-7-4-3-5-8-17)22(30)28(23(31)27-24)15-20(29)26-21(19-9-6-14-32-19)16-10-12-18(25)13-11-16/h3-14,21H,2,15H2,1H3,(H,26,29)(H,27,31)/t21-,24-/m1/s1. The Balaban J connectivity index is 1.54. The maximum absolute atomic E-state index is 13.4. The first-order valence-electron chi connectivity index (χ1n) is 10.2. The van der Waals surface area contributed by atoms with Crippen LogP contribution in [-0.4, -0.2) is 29.3 Å². The first-order chi connectivity index (χ1) is 15.4. The highest BCUT2D eigenvalue weighted by atomic mass is 32.1. The molecular weight excluding hydrogens is 429 g/mol. The molecule has 1 aliphatic heterocycles. The first-order valence-corrected chi connectivity index (χ1v) is 11.1. The molecule has 164 valence electrons. The Morgan fingerprint density at radius 2 is 1.81 bits per heavy atom. The van der Waals surface area contributed by atoms with Gasteiger partial charge in [-0.1, -0.05) is 55.5 Å². The maximum Gasteiger partial charge on any atom is 0.325 e. The SMILES string of the molecule is CC[C@]1(c2ccccc2)NC(=O)N(CC(=O)N[C@H](c2ccc(F)cc2)c2cccs2)C1=O. The molecule has 2 N–H and O–H groups in total. The topological polar surface area (TPSA) is 78.5 Å². The highest BCUT2D eigenvalue weighted by molar-refractivity contribution is 7.10. The van der Waals surface area contributed by atoms with Gasteiger partial charge in [-0.3, -0.25) is 14.5 Å². The van der Waals surface area contributed by atoms with Crippen LogP contribution in [0.5, 0.6) is 0 Å². The van der Waals surface area contributed by atoms with E-state index in [4.69, 9.17) is 0 Å². The normalized spacial score (nSPS) is 19.0. The van der Waals surface area contributed by atoms with E-state index in [0.29, 0.717) is 17.5 Å². The van der Waals surface area contributed by atoms with Crippen molar-refractivity contribution in [2.24, 2.45) is 0 Å². The van der Waals surface area contributed by atoms with Crippen molar-refractivity contribution in [3.8, 4) is 0 Å². The van der Waals surface area contributed by atoms with Crippen LogP contribution >= 0.6 is 11.3 Å². The van der Waals surface area contributed by atoms with E-state index in [9.17, 15) is 18.8 Å². The summed E-state index contributed by atoms with van der Waals surface area (Å²) in [5.41, 5.74) is 0.182. The van der Waals surface area contributed by atoms with Crippen molar-refractivity contribution in [3.63, 3.8) is 0 Å². The van der Waals surface area contributed by atoms with Crippen molar-refractivity contribution in [3.05, 3.63) is 93.9 Å². The lowest BCUT2D eigenvalue weighted by Crippen LogP contribution is -2.45. The number of urea groups is 1. The average molecular weight is 452 g/mol. The summed E-state index contributed by atoms with van der Waals surface area (Å²) in [4.78, 5) is 40.6. The third-order valence-corrected chi connectivity index (χ3v) is 6.55. The number of nitrogens with one attached hydrogen (secondary N) is 2. The van der Waals surface area contributed by atoms with Crippen molar-refractivity contribution >= 4 is 29.2 Å². The van der Waals surface area contributed by atoms with E-state index in [1.807, 2.05) is 30.5 Å². The molecule has 0 saturated carbocycles. The molecule has 1 aromatic heterocycles. The predicted octanol–water partition coefficient (Wildman–Crippen LogP) is 3.95. The molecule has 8 heteroatoms. The molecule has 2 atom stereocenters. The van der Waals surface area contributed by atoms with Gasteiger partial charge in [0.2, 0.25) is 5.91 Å². The molecule has 1 saturated heterocycles. The molecule has 3 aromatic rings. The molecule has 0 aliphatic carbocycles. The number of nitrogens with zero attached hydrogens (tertiary/aromatic N) is 1.